The molecule has 2 aromatic rings. The highest BCUT2D eigenvalue weighted by atomic mass is 15.1. The van der Waals surface area contributed by atoms with E-state index in [0.29, 0.717) is 0 Å². The molecule has 17 heavy (non-hydrogen) atoms. The Hall–Kier alpha value is -1.57. The number of rotatable bonds is 5. The van der Waals surface area contributed by atoms with Crippen LogP contribution in [0.5, 0.6) is 0 Å². The van der Waals surface area contributed by atoms with Crippen molar-refractivity contribution < 1.29 is 0 Å². The Labute approximate surface area is 103 Å². The zero-order chi connectivity index (χ0) is 12.1. The largest absolute Gasteiger partial charge is 0.335 e. The maximum Gasteiger partial charge on any atom is 0.113 e. The fourth-order valence-corrected chi connectivity index (χ4v) is 2.04. The summed E-state index contributed by atoms with van der Waals surface area (Å²) in [5.74, 6) is 1.17. The minimum Gasteiger partial charge on any atom is -0.335 e. The first-order chi connectivity index (χ1) is 8.29. The molecule has 0 spiro atoms. The van der Waals surface area contributed by atoms with Crippen molar-refractivity contribution in [1.29, 1.82) is 0 Å². The highest BCUT2D eigenvalue weighted by Crippen LogP contribution is 2.10. The third-order valence-corrected chi connectivity index (χ3v) is 3.00. The van der Waals surface area contributed by atoms with Crippen LogP contribution in [0.2, 0.25) is 0 Å². The summed E-state index contributed by atoms with van der Waals surface area (Å²) >= 11 is 0. The molecular formula is C15H20N2. The van der Waals surface area contributed by atoms with E-state index in [1.54, 1.807) is 0 Å². The van der Waals surface area contributed by atoms with Crippen LogP contribution in [0.25, 0.3) is 0 Å². The van der Waals surface area contributed by atoms with Crippen LogP contribution in [0.4, 0.5) is 0 Å². The van der Waals surface area contributed by atoms with Gasteiger partial charge in [0.25, 0.3) is 0 Å². The Bertz CT molecular complexity index is 471. The zero-order valence-electron chi connectivity index (χ0n) is 10.7. The Balaban J connectivity index is 2.10. The van der Waals surface area contributed by atoms with Crippen molar-refractivity contribution in [1.82, 2.24) is 9.55 Å². The molecule has 0 N–H and O–H groups in total. The fraction of sp³-hybridized carbons (Fsp3) is 0.400. The normalized spacial score (nSPS) is 10.7. The predicted octanol–water partition coefficient (Wildman–Crippen LogP) is 3.58. The van der Waals surface area contributed by atoms with Crippen molar-refractivity contribution in [3.8, 4) is 0 Å². The summed E-state index contributed by atoms with van der Waals surface area (Å²) < 4.78 is 2.27. The Morgan fingerprint density at radius 1 is 1.29 bits per heavy atom. The first-order valence-electron chi connectivity index (χ1n) is 6.35. The summed E-state index contributed by atoms with van der Waals surface area (Å²) in [7, 11) is 0. The highest BCUT2D eigenvalue weighted by Gasteiger charge is 2.03. The Morgan fingerprint density at radius 3 is 2.94 bits per heavy atom. The van der Waals surface area contributed by atoms with Crippen LogP contribution in [-0.2, 0) is 13.0 Å². The molecule has 0 aliphatic rings. The van der Waals surface area contributed by atoms with Gasteiger partial charge in [-0.2, -0.15) is 0 Å². The average Bonchev–Trinajstić information content (AvgIpc) is 2.74. The van der Waals surface area contributed by atoms with Gasteiger partial charge in [-0.3, -0.25) is 0 Å². The molecule has 0 radical (unpaired) electrons. The summed E-state index contributed by atoms with van der Waals surface area (Å²) in [6.07, 6.45) is 7.36. The second-order valence-corrected chi connectivity index (χ2v) is 4.56. The van der Waals surface area contributed by atoms with Crippen LogP contribution in [0.1, 0.15) is 36.7 Å². The quantitative estimate of drug-likeness (QED) is 0.764. The standard InChI is InChI=1S/C15H20N2/c1-3-4-9-17-10-8-16-15(17)12-14-7-5-6-13(2)11-14/h5-8,10-11H,3-4,9,12H2,1-2H3. The lowest BCUT2D eigenvalue weighted by Gasteiger charge is -2.07. The molecule has 0 fully saturated rings. The third-order valence-electron chi connectivity index (χ3n) is 3.00. The van der Waals surface area contributed by atoms with Gasteiger partial charge in [-0.1, -0.05) is 43.2 Å². The molecule has 0 atom stereocenters. The topological polar surface area (TPSA) is 17.8 Å². The molecule has 0 saturated heterocycles. The van der Waals surface area contributed by atoms with E-state index >= 15 is 0 Å². The van der Waals surface area contributed by atoms with Crippen LogP contribution in [0.3, 0.4) is 0 Å². The molecule has 90 valence electrons. The van der Waals surface area contributed by atoms with Gasteiger partial charge < -0.3 is 4.57 Å². The van der Waals surface area contributed by atoms with E-state index < -0.39 is 0 Å². The minimum absolute atomic E-state index is 0.929. The fourth-order valence-electron chi connectivity index (χ4n) is 2.04. The summed E-state index contributed by atoms with van der Waals surface area (Å²) in [5.41, 5.74) is 2.66. The molecule has 2 heteroatoms. The predicted molar refractivity (Wildman–Crippen MR) is 71.1 cm³/mol. The van der Waals surface area contributed by atoms with Crippen LogP contribution in [-0.4, -0.2) is 9.55 Å². The molecule has 2 rings (SSSR count). The number of aromatic nitrogens is 2. The van der Waals surface area contributed by atoms with Crippen molar-refractivity contribution in [3.05, 3.63) is 53.6 Å². The van der Waals surface area contributed by atoms with Crippen molar-refractivity contribution in [3.63, 3.8) is 0 Å². The van der Waals surface area contributed by atoms with Crippen molar-refractivity contribution in [2.24, 2.45) is 0 Å². The van der Waals surface area contributed by atoms with Crippen LogP contribution in [0.15, 0.2) is 36.7 Å². The second-order valence-electron chi connectivity index (χ2n) is 4.56. The van der Waals surface area contributed by atoms with Gasteiger partial charge in [0.1, 0.15) is 5.82 Å². The maximum atomic E-state index is 4.46. The van der Waals surface area contributed by atoms with E-state index in [4.69, 9.17) is 0 Å². The summed E-state index contributed by atoms with van der Waals surface area (Å²) in [6, 6.07) is 8.65. The second kappa shape index (κ2) is 5.67. The molecule has 0 unspecified atom stereocenters. The van der Waals surface area contributed by atoms with Crippen molar-refractivity contribution in [2.45, 2.75) is 39.7 Å². The summed E-state index contributed by atoms with van der Waals surface area (Å²) in [6.45, 7) is 5.43. The van der Waals surface area contributed by atoms with Gasteiger partial charge in [-0.25, -0.2) is 4.98 Å². The number of imidazole rings is 1. The Kier molecular flexibility index (Phi) is 3.97. The average molecular weight is 228 g/mol. The molecule has 0 saturated carbocycles. The van der Waals surface area contributed by atoms with Crippen molar-refractivity contribution in [2.75, 3.05) is 0 Å². The van der Waals surface area contributed by atoms with Crippen molar-refractivity contribution >= 4 is 0 Å². The molecule has 0 bridgehead atoms. The molecule has 0 aliphatic heterocycles. The first-order valence-corrected chi connectivity index (χ1v) is 6.35. The zero-order valence-corrected chi connectivity index (χ0v) is 10.7. The molecular weight excluding hydrogens is 208 g/mol. The smallest absolute Gasteiger partial charge is 0.113 e. The summed E-state index contributed by atoms with van der Waals surface area (Å²) in [4.78, 5) is 4.46. The first kappa shape index (κ1) is 11.9. The van der Waals surface area contributed by atoms with E-state index in [1.165, 1.54) is 29.8 Å². The number of unbranched alkanes of at least 4 members (excludes halogenated alkanes) is 1. The number of nitrogens with zero attached hydrogens (tertiary/aromatic N) is 2. The lowest BCUT2D eigenvalue weighted by Crippen LogP contribution is -2.04. The number of aryl methyl sites for hydroxylation is 2. The van der Waals surface area contributed by atoms with E-state index in [2.05, 4.69) is 53.9 Å². The molecule has 1 aromatic heterocycles. The van der Waals surface area contributed by atoms with Gasteiger partial charge in [0.2, 0.25) is 0 Å². The van der Waals surface area contributed by atoms with E-state index in [9.17, 15) is 0 Å². The number of hydrogen-bond acceptors (Lipinski definition) is 1. The molecule has 0 aliphatic carbocycles. The molecule has 1 aromatic carbocycles. The summed E-state index contributed by atoms with van der Waals surface area (Å²) in [5, 5.41) is 0. The van der Waals surface area contributed by atoms with E-state index in [0.717, 1.165) is 13.0 Å². The lowest BCUT2D eigenvalue weighted by atomic mass is 10.1. The van der Waals surface area contributed by atoms with Crippen LogP contribution < -0.4 is 0 Å². The van der Waals surface area contributed by atoms with Crippen LogP contribution in [0, 0.1) is 6.92 Å². The van der Waals surface area contributed by atoms with E-state index in [-0.39, 0.29) is 0 Å². The SMILES string of the molecule is CCCCn1ccnc1Cc1cccc(C)c1. The maximum absolute atomic E-state index is 4.46. The van der Waals surface area contributed by atoms with Gasteiger partial charge in [0, 0.05) is 25.4 Å². The van der Waals surface area contributed by atoms with Gasteiger partial charge in [0.15, 0.2) is 0 Å². The van der Waals surface area contributed by atoms with Gasteiger partial charge >= 0.3 is 0 Å². The number of hydrogen-bond donors (Lipinski definition) is 0. The third kappa shape index (κ3) is 3.19. The monoisotopic (exact) mass is 228 g/mol. The minimum atomic E-state index is 0.929. The highest BCUT2D eigenvalue weighted by molar-refractivity contribution is 5.25. The lowest BCUT2D eigenvalue weighted by molar-refractivity contribution is 0.609. The molecule has 1 heterocycles. The van der Waals surface area contributed by atoms with Gasteiger partial charge in [0.05, 0.1) is 0 Å². The molecule has 0 amide bonds. The van der Waals surface area contributed by atoms with Crippen LogP contribution >= 0.6 is 0 Å². The molecule has 2 nitrogen and oxygen atoms in total. The number of benzene rings is 1. The van der Waals surface area contributed by atoms with E-state index in [1.807, 2.05) is 6.20 Å². The van der Waals surface area contributed by atoms with Gasteiger partial charge in [-0.15, -0.1) is 0 Å². The Morgan fingerprint density at radius 2 is 2.18 bits per heavy atom. The van der Waals surface area contributed by atoms with Gasteiger partial charge in [-0.05, 0) is 18.9 Å².